The second kappa shape index (κ2) is 4.62. The summed E-state index contributed by atoms with van der Waals surface area (Å²) in [5, 5.41) is 0. The average molecular weight is 211 g/mol. The van der Waals surface area contributed by atoms with E-state index in [1.165, 1.54) is 0 Å². The molecule has 2 heteroatoms. The minimum Gasteiger partial charge on any atom is -0.357 e. The van der Waals surface area contributed by atoms with Gasteiger partial charge in [-0.05, 0) is 23.8 Å². The van der Waals surface area contributed by atoms with E-state index >= 15 is 0 Å². The van der Waals surface area contributed by atoms with E-state index in [-0.39, 0.29) is 5.78 Å². The Kier molecular flexibility index (Phi) is 3.01. The number of carbonyl (C=O) groups is 1. The summed E-state index contributed by atoms with van der Waals surface area (Å²) in [4.78, 5) is 13.8. The summed E-state index contributed by atoms with van der Waals surface area (Å²) in [5.74, 6) is 0.0365. The molecule has 0 saturated heterocycles. The second-order valence-corrected chi connectivity index (χ2v) is 3.67. The third kappa shape index (κ3) is 2.48. The molecule has 0 N–H and O–H groups in total. The first-order valence-corrected chi connectivity index (χ1v) is 5.15. The number of hydrogen-bond acceptors (Lipinski definition) is 2. The lowest BCUT2D eigenvalue weighted by atomic mass is 10.1. The highest BCUT2D eigenvalue weighted by atomic mass is 16.1. The normalized spacial score (nSPS) is 14.1. The van der Waals surface area contributed by atoms with E-state index in [4.69, 9.17) is 0 Å². The molecule has 16 heavy (non-hydrogen) atoms. The van der Waals surface area contributed by atoms with Gasteiger partial charge in [0.15, 0.2) is 5.78 Å². The van der Waals surface area contributed by atoms with Crippen LogP contribution in [0.25, 0.3) is 0 Å². The van der Waals surface area contributed by atoms with Crippen molar-refractivity contribution in [2.75, 3.05) is 7.05 Å². The second-order valence-electron chi connectivity index (χ2n) is 3.67. The molecule has 0 radical (unpaired) electrons. The quantitative estimate of drug-likeness (QED) is 0.553. The van der Waals surface area contributed by atoms with Gasteiger partial charge in [0.2, 0.25) is 0 Å². The van der Waals surface area contributed by atoms with Gasteiger partial charge in [-0.1, -0.05) is 30.3 Å². The summed E-state index contributed by atoms with van der Waals surface area (Å²) in [7, 11) is 1.95. The molecule has 1 aliphatic rings. The Morgan fingerprint density at radius 1 is 1.12 bits per heavy atom. The lowest BCUT2D eigenvalue weighted by molar-refractivity contribution is 0.104. The summed E-state index contributed by atoms with van der Waals surface area (Å²) >= 11 is 0. The van der Waals surface area contributed by atoms with Crippen molar-refractivity contribution in [2.24, 2.45) is 0 Å². The van der Waals surface area contributed by atoms with Crippen molar-refractivity contribution in [3.05, 3.63) is 72.1 Å². The predicted molar refractivity (Wildman–Crippen MR) is 64.9 cm³/mol. The zero-order valence-electron chi connectivity index (χ0n) is 9.13. The highest BCUT2D eigenvalue weighted by molar-refractivity contribution is 6.05. The van der Waals surface area contributed by atoms with Gasteiger partial charge in [-0.15, -0.1) is 0 Å². The summed E-state index contributed by atoms with van der Waals surface area (Å²) in [6.45, 7) is 0. The fraction of sp³-hybridized carbons (Fsp3) is 0.0714. The maximum Gasteiger partial charge on any atom is 0.186 e. The Labute approximate surface area is 95.2 Å². The van der Waals surface area contributed by atoms with Crippen molar-refractivity contribution in [2.45, 2.75) is 0 Å². The van der Waals surface area contributed by atoms with Crippen LogP contribution >= 0.6 is 0 Å². The van der Waals surface area contributed by atoms with E-state index in [9.17, 15) is 4.79 Å². The van der Waals surface area contributed by atoms with Gasteiger partial charge in [0.25, 0.3) is 0 Å². The van der Waals surface area contributed by atoms with Gasteiger partial charge >= 0.3 is 0 Å². The maximum atomic E-state index is 11.8. The van der Waals surface area contributed by atoms with Gasteiger partial charge in [0.05, 0.1) is 0 Å². The van der Waals surface area contributed by atoms with Crippen molar-refractivity contribution in [1.29, 1.82) is 0 Å². The van der Waals surface area contributed by atoms with E-state index in [0.29, 0.717) is 0 Å². The van der Waals surface area contributed by atoms with Gasteiger partial charge in [0, 0.05) is 25.0 Å². The van der Waals surface area contributed by atoms with Gasteiger partial charge in [0.1, 0.15) is 0 Å². The number of benzene rings is 1. The summed E-state index contributed by atoms with van der Waals surface area (Å²) in [6, 6.07) is 9.28. The SMILES string of the molecule is CN1C=CC(=CC(=O)c2ccccc2)C=C1. The molecule has 1 aromatic rings. The largest absolute Gasteiger partial charge is 0.357 e. The number of hydrogen-bond donors (Lipinski definition) is 0. The Morgan fingerprint density at radius 3 is 2.38 bits per heavy atom. The number of nitrogens with zero attached hydrogens (tertiary/aromatic N) is 1. The molecule has 0 aliphatic carbocycles. The summed E-state index contributed by atoms with van der Waals surface area (Å²) < 4.78 is 0. The van der Waals surface area contributed by atoms with Crippen LogP contribution in [0.5, 0.6) is 0 Å². The first-order chi connectivity index (χ1) is 7.75. The minimum atomic E-state index is 0.0365. The van der Waals surface area contributed by atoms with Crippen molar-refractivity contribution in [3.63, 3.8) is 0 Å². The van der Waals surface area contributed by atoms with E-state index < -0.39 is 0 Å². The Hall–Kier alpha value is -2.09. The fourth-order valence-electron chi connectivity index (χ4n) is 1.45. The molecule has 1 heterocycles. The molecule has 0 bridgehead atoms. The van der Waals surface area contributed by atoms with Crippen LogP contribution in [0.3, 0.4) is 0 Å². The first-order valence-electron chi connectivity index (χ1n) is 5.15. The van der Waals surface area contributed by atoms with Gasteiger partial charge in [-0.2, -0.15) is 0 Å². The van der Waals surface area contributed by atoms with Gasteiger partial charge < -0.3 is 4.90 Å². The topological polar surface area (TPSA) is 20.3 Å². The number of ketones is 1. The monoisotopic (exact) mass is 211 g/mol. The molecule has 80 valence electrons. The van der Waals surface area contributed by atoms with Crippen LogP contribution in [0.15, 0.2) is 66.5 Å². The summed E-state index contributed by atoms with van der Waals surface area (Å²) in [6.07, 6.45) is 9.32. The van der Waals surface area contributed by atoms with Crippen molar-refractivity contribution in [1.82, 2.24) is 4.90 Å². The molecule has 0 unspecified atom stereocenters. The standard InChI is InChI=1S/C14H13NO/c1-15-9-7-12(8-10-15)11-14(16)13-5-3-2-4-6-13/h2-11H,1H3. The van der Waals surface area contributed by atoms with E-state index in [1.54, 1.807) is 6.08 Å². The van der Waals surface area contributed by atoms with Crippen molar-refractivity contribution < 1.29 is 4.79 Å². The molecule has 0 fully saturated rings. The first kappa shape index (κ1) is 10.4. The van der Waals surface area contributed by atoms with Gasteiger partial charge in [-0.3, -0.25) is 4.79 Å². The van der Waals surface area contributed by atoms with Crippen LogP contribution in [0.4, 0.5) is 0 Å². The van der Waals surface area contributed by atoms with E-state index in [1.807, 2.05) is 66.8 Å². The van der Waals surface area contributed by atoms with Crippen LogP contribution in [0.1, 0.15) is 10.4 Å². The maximum absolute atomic E-state index is 11.8. The van der Waals surface area contributed by atoms with Gasteiger partial charge in [-0.25, -0.2) is 0 Å². The average Bonchev–Trinajstić information content (AvgIpc) is 2.33. The van der Waals surface area contributed by atoms with Crippen LogP contribution in [-0.4, -0.2) is 17.7 Å². The Bertz CT molecular complexity index is 453. The lowest BCUT2D eigenvalue weighted by Crippen LogP contribution is -2.04. The molecule has 0 amide bonds. The van der Waals surface area contributed by atoms with Crippen molar-refractivity contribution in [3.8, 4) is 0 Å². The molecule has 1 aromatic carbocycles. The molecule has 1 aliphatic heterocycles. The molecule has 0 aromatic heterocycles. The van der Waals surface area contributed by atoms with E-state index in [2.05, 4.69) is 0 Å². The zero-order valence-corrected chi connectivity index (χ0v) is 9.13. The highest BCUT2D eigenvalue weighted by Crippen LogP contribution is 2.10. The lowest BCUT2D eigenvalue weighted by Gasteiger charge is -2.11. The molecule has 2 nitrogen and oxygen atoms in total. The smallest absolute Gasteiger partial charge is 0.186 e. The number of carbonyl (C=O) groups excluding carboxylic acids is 1. The van der Waals surface area contributed by atoms with Crippen LogP contribution in [-0.2, 0) is 0 Å². The predicted octanol–water partition coefficient (Wildman–Crippen LogP) is 2.77. The van der Waals surface area contributed by atoms with Crippen LogP contribution < -0.4 is 0 Å². The van der Waals surface area contributed by atoms with Crippen molar-refractivity contribution >= 4 is 5.78 Å². The molecule has 0 saturated carbocycles. The molecular weight excluding hydrogens is 198 g/mol. The molecule has 0 atom stereocenters. The fourth-order valence-corrected chi connectivity index (χ4v) is 1.45. The zero-order chi connectivity index (χ0) is 11.4. The van der Waals surface area contributed by atoms with E-state index in [0.717, 1.165) is 11.1 Å². The molecular formula is C14H13NO. The van der Waals surface area contributed by atoms with Crippen LogP contribution in [0, 0.1) is 0 Å². The Balaban J connectivity index is 2.17. The Morgan fingerprint density at radius 2 is 1.75 bits per heavy atom. The highest BCUT2D eigenvalue weighted by Gasteiger charge is 2.03. The van der Waals surface area contributed by atoms with Crippen LogP contribution in [0.2, 0.25) is 0 Å². The third-order valence-corrected chi connectivity index (χ3v) is 2.36. The molecule has 2 rings (SSSR count). The third-order valence-electron chi connectivity index (χ3n) is 2.36. The number of rotatable bonds is 2. The summed E-state index contributed by atoms with van der Waals surface area (Å²) in [5.41, 5.74) is 1.64. The number of allylic oxidation sites excluding steroid dienone is 4. The minimum absolute atomic E-state index is 0.0365. The molecule has 0 spiro atoms.